The van der Waals surface area contributed by atoms with Crippen molar-refractivity contribution in [2.45, 2.75) is 20.1 Å². The topological polar surface area (TPSA) is 61.6 Å². The van der Waals surface area contributed by atoms with Gasteiger partial charge in [-0.2, -0.15) is 0 Å². The molecule has 0 amide bonds. The third-order valence-corrected chi connectivity index (χ3v) is 2.68. The van der Waals surface area contributed by atoms with Crippen LogP contribution in [0.4, 0.5) is 0 Å². The van der Waals surface area contributed by atoms with Gasteiger partial charge in [0.25, 0.3) is 0 Å². The van der Waals surface area contributed by atoms with Gasteiger partial charge in [0.05, 0.1) is 13.2 Å². The van der Waals surface area contributed by atoms with Gasteiger partial charge in [0.15, 0.2) is 11.5 Å². The summed E-state index contributed by atoms with van der Waals surface area (Å²) >= 11 is 5.87. The number of esters is 1. The average Bonchev–Trinajstić information content (AvgIpc) is 2.88. The molecule has 1 heterocycles. The van der Waals surface area contributed by atoms with Gasteiger partial charge >= 0.3 is 5.97 Å². The number of aromatic nitrogens is 1. The monoisotopic (exact) mass is 295 g/mol. The predicted octanol–water partition coefficient (Wildman–Crippen LogP) is 3.22. The summed E-state index contributed by atoms with van der Waals surface area (Å²) in [5.74, 6) is -0.0348. The number of hydrogen-bond donors (Lipinski definition) is 0. The molecule has 0 fully saturated rings. The number of carbonyl (C=O) groups excluding carboxylic acids is 1. The Kier molecular flexibility index (Phi) is 5.15. The standard InChI is InChI=1S/C14H14ClNO4/c1-2-19-14(17)13-7-12(20-16-13)9-18-8-10-4-3-5-11(15)6-10/h3-7H,2,8-9H2,1H3. The second-order valence-electron chi connectivity index (χ2n) is 4.02. The first kappa shape index (κ1) is 14.6. The number of hydrogen-bond acceptors (Lipinski definition) is 5. The molecule has 1 aromatic carbocycles. The summed E-state index contributed by atoms with van der Waals surface area (Å²) in [4.78, 5) is 11.4. The van der Waals surface area contributed by atoms with Crippen molar-refractivity contribution >= 4 is 17.6 Å². The normalized spacial score (nSPS) is 10.5. The number of ether oxygens (including phenoxy) is 2. The Bertz CT molecular complexity index is 582. The number of carbonyl (C=O) groups is 1. The molecular formula is C14H14ClNO4. The second-order valence-corrected chi connectivity index (χ2v) is 4.46. The van der Waals surface area contributed by atoms with Gasteiger partial charge < -0.3 is 14.0 Å². The Labute approximate surface area is 121 Å². The Balaban J connectivity index is 1.84. The van der Waals surface area contributed by atoms with E-state index in [-0.39, 0.29) is 12.3 Å². The quantitative estimate of drug-likeness (QED) is 0.766. The maximum atomic E-state index is 11.4. The van der Waals surface area contributed by atoms with Crippen LogP contribution in [0.5, 0.6) is 0 Å². The van der Waals surface area contributed by atoms with E-state index in [0.717, 1.165) is 5.56 Å². The van der Waals surface area contributed by atoms with E-state index in [1.807, 2.05) is 18.2 Å². The van der Waals surface area contributed by atoms with Crippen LogP contribution in [0.25, 0.3) is 0 Å². The zero-order chi connectivity index (χ0) is 14.4. The minimum Gasteiger partial charge on any atom is -0.461 e. The zero-order valence-corrected chi connectivity index (χ0v) is 11.7. The maximum Gasteiger partial charge on any atom is 0.360 e. The van der Waals surface area contributed by atoms with Crippen molar-refractivity contribution in [2.24, 2.45) is 0 Å². The van der Waals surface area contributed by atoms with Gasteiger partial charge in [0.2, 0.25) is 0 Å². The number of nitrogens with zero attached hydrogens (tertiary/aromatic N) is 1. The lowest BCUT2D eigenvalue weighted by Gasteiger charge is -2.02. The van der Waals surface area contributed by atoms with Crippen LogP contribution >= 0.6 is 11.6 Å². The highest BCUT2D eigenvalue weighted by molar-refractivity contribution is 6.30. The predicted molar refractivity (Wildman–Crippen MR) is 72.4 cm³/mol. The average molecular weight is 296 g/mol. The number of rotatable bonds is 6. The third-order valence-electron chi connectivity index (χ3n) is 2.45. The van der Waals surface area contributed by atoms with E-state index in [2.05, 4.69) is 5.16 Å². The second kappa shape index (κ2) is 7.07. The molecule has 1 aromatic heterocycles. The lowest BCUT2D eigenvalue weighted by molar-refractivity contribution is 0.0513. The summed E-state index contributed by atoms with van der Waals surface area (Å²) in [5.41, 5.74) is 1.11. The molecule has 0 radical (unpaired) electrons. The van der Waals surface area contributed by atoms with Crippen LogP contribution < -0.4 is 0 Å². The Morgan fingerprint density at radius 2 is 2.20 bits per heavy atom. The Morgan fingerprint density at radius 1 is 1.35 bits per heavy atom. The van der Waals surface area contributed by atoms with E-state index in [4.69, 9.17) is 25.6 Å². The highest BCUT2D eigenvalue weighted by Crippen LogP contribution is 2.13. The maximum absolute atomic E-state index is 11.4. The van der Waals surface area contributed by atoms with Crippen LogP contribution in [-0.4, -0.2) is 17.7 Å². The van der Waals surface area contributed by atoms with Crippen molar-refractivity contribution in [1.29, 1.82) is 0 Å². The van der Waals surface area contributed by atoms with E-state index in [1.54, 1.807) is 13.0 Å². The van der Waals surface area contributed by atoms with Gasteiger partial charge in [0.1, 0.15) is 6.61 Å². The minimum absolute atomic E-state index is 0.146. The van der Waals surface area contributed by atoms with Crippen LogP contribution in [0, 0.1) is 0 Å². The molecule has 0 bridgehead atoms. The first-order chi connectivity index (χ1) is 9.69. The molecule has 0 aliphatic carbocycles. The van der Waals surface area contributed by atoms with E-state index >= 15 is 0 Å². The summed E-state index contributed by atoms with van der Waals surface area (Å²) in [5, 5.41) is 4.29. The molecule has 5 nitrogen and oxygen atoms in total. The van der Waals surface area contributed by atoms with Crippen molar-refractivity contribution in [2.75, 3.05) is 6.61 Å². The molecule has 0 atom stereocenters. The van der Waals surface area contributed by atoms with Crippen molar-refractivity contribution in [1.82, 2.24) is 5.16 Å². The van der Waals surface area contributed by atoms with Gasteiger partial charge in [-0.05, 0) is 24.6 Å². The molecule has 2 rings (SSSR count). The largest absolute Gasteiger partial charge is 0.461 e. The molecule has 20 heavy (non-hydrogen) atoms. The number of benzene rings is 1. The third kappa shape index (κ3) is 4.08. The van der Waals surface area contributed by atoms with Crippen LogP contribution in [0.1, 0.15) is 28.7 Å². The van der Waals surface area contributed by atoms with E-state index in [0.29, 0.717) is 24.0 Å². The Morgan fingerprint density at radius 3 is 2.95 bits per heavy atom. The summed E-state index contributed by atoms with van der Waals surface area (Å²) in [6, 6.07) is 8.90. The fourth-order valence-corrected chi connectivity index (χ4v) is 1.79. The van der Waals surface area contributed by atoms with E-state index in [1.165, 1.54) is 6.07 Å². The molecule has 106 valence electrons. The van der Waals surface area contributed by atoms with E-state index in [9.17, 15) is 4.79 Å². The SMILES string of the molecule is CCOC(=O)c1cc(COCc2cccc(Cl)c2)on1. The summed E-state index contributed by atoms with van der Waals surface area (Å²) in [6.45, 7) is 2.65. The molecule has 2 aromatic rings. The van der Waals surface area contributed by atoms with Crippen LogP contribution in [-0.2, 0) is 22.7 Å². The Hall–Kier alpha value is -1.85. The molecule has 0 spiro atoms. The highest BCUT2D eigenvalue weighted by Gasteiger charge is 2.13. The molecular weight excluding hydrogens is 282 g/mol. The lowest BCUT2D eigenvalue weighted by atomic mass is 10.2. The molecule has 0 unspecified atom stereocenters. The number of halogens is 1. The van der Waals surface area contributed by atoms with Gasteiger partial charge in [-0.15, -0.1) is 0 Å². The molecule has 0 aliphatic heterocycles. The van der Waals surface area contributed by atoms with Crippen LogP contribution in [0.2, 0.25) is 5.02 Å². The summed E-state index contributed by atoms with van der Waals surface area (Å²) < 4.78 is 15.3. The van der Waals surface area contributed by atoms with Crippen molar-refractivity contribution in [3.05, 3.63) is 52.4 Å². The van der Waals surface area contributed by atoms with Crippen LogP contribution in [0.15, 0.2) is 34.9 Å². The summed E-state index contributed by atoms with van der Waals surface area (Å²) in [6.07, 6.45) is 0. The van der Waals surface area contributed by atoms with Crippen LogP contribution in [0.3, 0.4) is 0 Å². The minimum atomic E-state index is -0.502. The molecule has 6 heteroatoms. The van der Waals surface area contributed by atoms with Crippen molar-refractivity contribution < 1.29 is 18.8 Å². The van der Waals surface area contributed by atoms with E-state index < -0.39 is 5.97 Å². The summed E-state index contributed by atoms with van der Waals surface area (Å²) in [7, 11) is 0. The fraction of sp³-hybridized carbons (Fsp3) is 0.286. The molecule has 0 saturated heterocycles. The van der Waals surface area contributed by atoms with Gasteiger partial charge in [-0.1, -0.05) is 28.9 Å². The lowest BCUT2D eigenvalue weighted by Crippen LogP contribution is -2.04. The molecule has 0 saturated carbocycles. The van der Waals surface area contributed by atoms with Gasteiger partial charge in [-0.25, -0.2) is 4.79 Å². The molecule has 0 N–H and O–H groups in total. The smallest absolute Gasteiger partial charge is 0.360 e. The van der Waals surface area contributed by atoms with Gasteiger partial charge in [-0.3, -0.25) is 0 Å². The first-order valence-corrected chi connectivity index (χ1v) is 6.51. The van der Waals surface area contributed by atoms with Gasteiger partial charge in [0, 0.05) is 11.1 Å². The van der Waals surface area contributed by atoms with Crippen molar-refractivity contribution in [3.63, 3.8) is 0 Å². The van der Waals surface area contributed by atoms with Crippen molar-refractivity contribution in [3.8, 4) is 0 Å². The first-order valence-electron chi connectivity index (χ1n) is 6.14. The fourth-order valence-electron chi connectivity index (χ4n) is 1.58. The zero-order valence-electron chi connectivity index (χ0n) is 11.0. The molecule has 0 aliphatic rings. The highest BCUT2D eigenvalue weighted by atomic mass is 35.5.